The van der Waals surface area contributed by atoms with Gasteiger partial charge in [-0.25, -0.2) is 18.1 Å². The van der Waals surface area contributed by atoms with Crippen LogP contribution in [0, 0.1) is 0 Å². The lowest BCUT2D eigenvalue weighted by Crippen LogP contribution is -2.47. The van der Waals surface area contributed by atoms with Gasteiger partial charge < -0.3 is 14.7 Å². The van der Waals surface area contributed by atoms with Crippen LogP contribution in [0.3, 0.4) is 0 Å². The lowest BCUT2D eigenvalue weighted by Gasteiger charge is -2.37. The molecule has 4 heterocycles. The fraction of sp³-hybridized carbons (Fsp3) is 0.545. The second-order valence-corrected chi connectivity index (χ2v) is 12.8. The van der Waals surface area contributed by atoms with Crippen LogP contribution in [0.25, 0.3) is 0 Å². The van der Waals surface area contributed by atoms with Gasteiger partial charge in [-0.2, -0.15) is 4.98 Å². The van der Waals surface area contributed by atoms with Crippen molar-refractivity contribution in [3.8, 4) is 0 Å². The number of piperazine rings is 1. The molecule has 3 aliphatic rings. The fourth-order valence-corrected chi connectivity index (χ4v) is 6.87. The van der Waals surface area contributed by atoms with E-state index in [1.165, 1.54) is 6.26 Å². The minimum Gasteiger partial charge on any atom is -0.368 e. The Labute approximate surface area is 208 Å². The third-order valence-electron chi connectivity index (χ3n) is 6.64. The number of benzene rings is 1. The van der Waals surface area contributed by atoms with Crippen LogP contribution in [0.4, 0.5) is 17.5 Å². The monoisotopic (exact) mass is 524 g/mol. The summed E-state index contributed by atoms with van der Waals surface area (Å²) in [5, 5.41) is 0.728. The van der Waals surface area contributed by atoms with Gasteiger partial charge in [-0.3, -0.25) is 4.21 Å². The van der Waals surface area contributed by atoms with Crippen LogP contribution >= 0.6 is 11.6 Å². The number of hydrogen-bond donors (Lipinski definition) is 1. The molecule has 5 rings (SSSR count). The number of rotatable bonds is 6. The summed E-state index contributed by atoms with van der Waals surface area (Å²) in [6.45, 7) is 4.33. The second kappa shape index (κ2) is 9.60. The molecule has 34 heavy (non-hydrogen) atoms. The molecule has 3 aliphatic heterocycles. The third kappa shape index (κ3) is 5.02. The maximum absolute atomic E-state index is 12.8. The van der Waals surface area contributed by atoms with Gasteiger partial charge in [0.05, 0.1) is 22.7 Å². The number of halogens is 1. The van der Waals surface area contributed by atoms with E-state index in [1.54, 1.807) is 0 Å². The van der Waals surface area contributed by atoms with Crippen molar-refractivity contribution in [2.45, 2.75) is 30.2 Å². The number of aryl methyl sites for hydroxylation is 1. The van der Waals surface area contributed by atoms with E-state index in [0.717, 1.165) is 66.9 Å². The summed E-state index contributed by atoms with van der Waals surface area (Å²) in [6.07, 6.45) is 3.65. The maximum Gasteiger partial charge on any atom is 0.227 e. The highest BCUT2D eigenvalue weighted by molar-refractivity contribution is 7.88. The molecule has 2 aromatic rings. The van der Waals surface area contributed by atoms with Gasteiger partial charge in [0.15, 0.2) is 5.82 Å². The van der Waals surface area contributed by atoms with Crippen LogP contribution in [-0.4, -0.2) is 79.9 Å². The zero-order valence-corrected chi connectivity index (χ0v) is 21.5. The molecule has 0 amide bonds. The largest absolute Gasteiger partial charge is 0.368 e. The average molecular weight is 525 g/mol. The Morgan fingerprint density at radius 2 is 1.79 bits per heavy atom. The second-order valence-electron chi connectivity index (χ2n) is 8.98. The smallest absolute Gasteiger partial charge is 0.227 e. The molecule has 1 aromatic carbocycles. The molecular formula is C22H29ClN6O3S2. The normalized spacial score (nSPS) is 22.9. The molecule has 1 N–H and O–H groups in total. The Balaban J connectivity index is 1.38. The highest BCUT2D eigenvalue weighted by Gasteiger charge is 2.35. The van der Waals surface area contributed by atoms with Gasteiger partial charge in [0.1, 0.15) is 4.90 Å². The van der Waals surface area contributed by atoms with Crippen molar-refractivity contribution in [3.05, 3.63) is 35.0 Å². The lowest BCUT2D eigenvalue weighted by molar-refractivity contribution is 0.570. The number of nitrogens with one attached hydrogen (secondary N) is 1. The topological polar surface area (TPSA) is 98.7 Å². The van der Waals surface area contributed by atoms with Crippen molar-refractivity contribution in [2.24, 2.45) is 0 Å². The highest BCUT2D eigenvalue weighted by Crippen LogP contribution is 2.36. The molecule has 184 valence electrons. The number of aromatic nitrogens is 2. The van der Waals surface area contributed by atoms with Gasteiger partial charge in [-0.15, -0.1) is 0 Å². The summed E-state index contributed by atoms with van der Waals surface area (Å²) in [6, 6.07) is 7.88. The molecule has 2 atom stereocenters. The van der Waals surface area contributed by atoms with Crippen molar-refractivity contribution < 1.29 is 12.6 Å². The molecule has 1 aromatic heterocycles. The Morgan fingerprint density at radius 3 is 2.50 bits per heavy atom. The van der Waals surface area contributed by atoms with E-state index in [1.807, 2.05) is 24.3 Å². The number of nitrogens with zero attached hydrogens (tertiary/aromatic N) is 5. The van der Waals surface area contributed by atoms with Crippen LogP contribution in [0.15, 0.2) is 29.2 Å². The first-order chi connectivity index (χ1) is 16.3. The molecule has 0 spiro atoms. The minimum absolute atomic E-state index is 0.0130. The van der Waals surface area contributed by atoms with E-state index in [9.17, 15) is 12.6 Å². The van der Waals surface area contributed by atoms with Crippen LogP contribution < -0.4 is 19.4 Å². The van der Waals surface area contributed by atoms with Crippen molar-refractivity contribution in [3.63, 3.8) is 0 Å². The van der Waals surface area contributed by atoms with Crippen LogP contribution in [0.5, 0.6) is 0 Å². The van der Waals surface area contributed by atoms with Gasteiger partial charge in [-0.05, 0) is 37.1 Å². The fourth-order valence-electron chi connectivity index (χ4n) is 4.89. The molecule has 9 nitrogen and oxygen atoms in total. The molecule has 0 aliphatic carbocycles. The summed E-state index contributed by atoms with van der Waals surface area (Å²) in [5.41, 5.74) is 2.01. The summed E-state index contributed by atoms with van der Waals surface area (Å²) < 4.78 is 38.8. The minimum atomic E-state index is -3.29. The first kappa shape index (κ1) is 23.8. The van der Waals surface area contributed by atoms with E-state index >= 15 is 0 Å². The molecule has 0 saturated carbocycles. The van der Waals surface area contributed by atoms with Crippen molar-refractivity contribution in [1.29, 1.82) is 0 Å². The standard InChI is InChI=1S/C22H29ClN6O3S2/c1-34(31,32)24-15-18-3-2-9-29(18)21-20-19(8-14-33(20)30)25-22(26-21)28-12-10-27(11-13-28)17-6-4-16(23)5-7-17/h4-7,18,24H,2-3,8-15H2,1H3/t18?,33-/m0/s1. The van der Waals surface area contributed by atoms with Gasteiger partial charge in [0.2, 0.25) is 16.0 Å². The number of fused-ring (bicyclic) bond motifs is 1. The number of sulfonamides is 1. The number of anilines is 3. The molecule has 1 unspecified atom stereocenters. The average Bonchev–Trinajstić information content (AvgIpc) is 3.44. The van der Waals surface area contributed by atoms with E-state index in [4.69, 9.17) is 21.6 Å². The first-order valence-corrected chi connectivity index (χ1v) is 15.1. The summed E-state index contributed by atoms with van der Waals surface area (Å²) >= 11 is 6.03. The van der Waals surface area contributed by atoms with Crippen molar-refractivity contribution >= 4 is 49.9 Å². The zero-order chi connectivity index (χ0) is 23.9. The van der Waals surface area contributed by atoms with E-state index in [-0.39, 0.29) is 6.04 Å². The molecule has 12 heteroatoms. The Kier molecular flexibility index (Phi) is 6.71. The van der Waals surface area contributed by atoms with Crippen LogP contribution in [0.1, 0.15) is 18.5 Å². The van der Waals surface area contributed by atoms with Crippen LogP contribution in [0.2, 0.25) is 5.02 Å². The molecule has 0 bridgehead atoms. The van der Waals surface area contributed by atoms with Crippen LogP contribution in [-0.2, 0) is 27.2 Å². The molecule has 2 saturated heterocycles. The predicted molar refractivity (Wildman–Crippen MR) is 136 cm³/mol. The summed E-state index contributed by atoms with van der Waals surface area (Å²) in [7, 11) is -4.41. The first-order valence-electron chi connectivity index (χ1n) is 11.5. The van der Waals surface area contributed by atoms with Crippen molar-refractivity contribution in [1.82, 2.24) is 14.7 Å². The van der Waals surface area contributed by atoms with Crippen molar-refractivity contribution in [2.75, 3.05) is 66.0 Å². The Morgan fingerprint density at radius 1 is 1.09 bits per heavy atom. The van der Waals surface area contributed by atoms with Gasteiger partial charge in [-0.1, -0.05) is 11.6 Å². The Hall–Kier alpha value is -1.95. The predicted octanol–water partition coefficient (Wildman–Crippen LogP) is 1.64. The van der Waals surface area contributed by atoms with Gasteiger partial charge >= 0.3 is 0 Å². The SMILES string of the molecule is CS(=O)(=O)NCC1CCCN1c1nc(N2CCN(c3ccc(Cl)cc3)CC2)nc2c1[S@@](=O)CC2. The van der Waals surface area contributed by atoms with Gasteiger partial charge in [0, 0.05) is 68.2 Å². The number of hydrogen-bond acceptors (Lipinski definition) is 8. The molecular weight excluding hydrogens is 496 g/mol. The maximum atomic E-state index is 12.8. The molecule has 2 fully saturated rings. The summed E-state index contributed by atoms with van der Waals surface area (Å²) in [4.78, 5) is 17.1. The van der Waals surface area contributed by atoms with E-state index < -0.39 is 20.8 Å². The molecule has 0 radical (unpaired) electrons. The lowest BCUT2D eigenvalue weighted by atomic mass is 10.2. The highest BCUT2D eigenvalue weighted by atomic mass is 35.5. The summed E-state index contributed by atoms with van der Waals surface area (Å²) in [5.74, 6) is 1.95. The van der Waals surface area contributed by atoms with E-state index in [2.05, 4.69) is 19.4 Å². The van der Waals surface area contributed by atoms with Gasteiger partial charge in [0.25, 0.3) is 0 Å². The Bertz CT molecular complexity index is 1190. The zero-order valence-electron chi connectivity index (χ0n) is 19.1. The van der Waals surface area contributed by atoms with E-state index in [0.29, 0.717) is 30.5 Å². The third-order valence-corrected chi connectivity index (χ3v) is 9.03. The quantitative estimate of drug-likeness (QED) is 0.609.